The van der Waals surface area contributed by atoms with Crippen LogP contribution in [0.15, 0.2) is 66.7 Å². The molecule has 1 fully saturated rings. The summed E-state index contributed by atoms with van der Waals surface area (Å²) in [6, 6.07) is 21.1. The van der Waals surface area contributed by atoms with Crippen molar-refractivity contribution in [1.29, 1.82) is 0 Å². The van der Waals surface area contributed by atoms with E-state index in [2.05, 4.69) is 37.5 Å². The first-order chi connectivity index (χ1) is 21.0. The largest absolute Gasteiger partial charge is 0.497 e. The van der Waals surface area contributed by atoms with Crippen LogP contribution in [0.4, 0.5) is 11.4 Å². The van der Waals surface area contributed by atoms with E-state index in [1.165, 1.54) is 12.1 Å². The molecule has 1 spiro atoms. The monoisotopic (exact) mass is 618 g/mol. The van der Waals surface area contributed by atoms with Gasteiger partial charge in [-0.3, -0.25) is 9.59 Å². The number of amides is 2. The number of anilines is 2. The molecule has 2 aliphatic rings. The lowest BCUT2D eigenvalue weighted by Gasteiger charge is -2.37. The van der Waals surface area contributed by atoms with Gasteiger partial charge >= 0.3 is 0 Å². The number of nitrogens with zero attached hydrogens (tertiary/aromatic N) is 1. The van der Waals surface area contributed by atoms with Crippen molar-refractivity contribution >= 4 is 36.4 Å². The molecule has 3 N–H and O–H groups in total. The molecule has 3 aromatic rings. The van der Waals surface area contributed by atoms with E-state index < -0.39 is 25.7 Å². The number of fused-ring (bicyclic) bond motifs is 2. The highest BCUT2D eigenvalue weighted by Gasteiger charge is 2.66. The van der Waals surface area contributed by atoms with Crippen LogP contribution in [0.2, 0.25) is 18.6 Å². The maximum absolute atomic E-state index is 14.7. The normalized spacial score (nSPS) is 23.5. The van der Waals surface area contributed by atoms with Gasteiger partial charge in [-0.15, -0.1) is 0 Å². The highest BCUT2D eigenvalue weighted by Crippen LogP contribution is 2.60. The molecule has 2 amide bonds. The number of ether oxygens (including phenoxy) is 3. The van der Waals surface area contributed by atoms with Crippen molar-refractivity contribution in [2.24, 2.45) is 5.92 Å². The van der Waals surface area contributed by atoms with Crippen molar-refractivity contribution in [2.75, 3.05) is 31.0 Å². The number of methoxy groups -OCH3 is 2. The minimum Gasteiger partial charge on any atom is -0.497 e. The maximum atomic E-state index is 14.7. The molecule has 2 aliphatic heterocycles. The van der Waals surface area contributed by atoms with E-state index >= 15 is 0 Å². The first-order valence-corrected chi connectivity index (χ1v) is 18.1. The van der Waals surface area contributed by atoms with Crippen LogP contribution in [0.1, 0.15) is 31.4 Å². The van der Waals surface area contributed by atoms with Crippen molar-refractivity contribution in [3.8, 4) is 11.5 Å². The fraction of sp³-hybridized carbons (Fsp3) is 0.412. The molecule has 0 bridgehead atoms. The Morgan fingerprint density at radius 3 is 2.27 bits per heavy atom. The van der Waals surface area contributed by atoms with Gasteiger partial charge < -0.3 is 34.6 Å². The Kier molecular flexibility index (Phi) is 8.91. The molecule has 10 heteroatoms. The van der Waals surface area contributed by atoms with Gasteiger partial charge in [0.15, 0.2) is 5.60 Å². The second-order valence-corrected chi connectivity index (χ2v) is 17.0. The highest BCUT2D eigenvalue weighted by molar-refractivity contribution is 6.91. The Bertz CT molecular complexity index is 1510. The lowest BCUT2D eigenvalue weighted by Crippen LogP contribution is -2.51. The molecular formula is C34H42N2O7Si. The summed E-state index contributed by atoms with van der Waals surface area (Å²) >= 11 is 0. The molecule has 0 radical (unpaired) electrons. The lowest BCUT2D eigenvalue weighted by molar-refractivity contribution is -0.146. The van der Waals surface area contributed by atoms with Crippen LogP contribution in [-0.4, -0.2) is 63.1 Å². The number of nitrogens with one attached hydrogen (secondary N) is 1. The number of carbonyl (C=O) groups excluding carboxylic acids is 2. The maximum Gasteiger partial charge on any atom is 0.264 e. The minimum absolute atomic E-state index is 0.0304. The third kappa shape index (κ3) is 5.40. The standard InChI is InChI=1S/C34H42N2O7Si/c1-21-31(44(5,6)27-14-11-25(41-3)12-15-27)30(17-18-37)43-34(21)28-19-26(42-4)13-16-29(28)36(33(34)40)20-23-7-9-24(10-8-23)35-32(39)22(2)38/h7-16,19,21-22,30-31,37-38H,17-18,20H2,1-6H3,(H,35,39)/t21-,22+,30+,31-,34+/m1/s1. The molecule has 1 saturated heterocycles. The predicted molar refractivity (Wildman–Crippen MR) is 172 cm³/mol. The SMILES string of the molecule is COc1ccc([Si](C)(C)[C@H]2[C@H](CCO)O[C@@]3(C(=O)N(Cc4ccc(NC(=O)[C@H](C)O)cc4)c4ccc(OC)cc43)[C@@H]2C)cc1. The number of hydrogen-bond acceptors (Lipinski definition) is 7. The van der Waals surface area contributed by atoms with Crippen LogP contribution >= 0.6 is 0 Å². The van der Waals surface area contributed by atoms with E-state index in [1.54, 1.807) is 31.3 Å². The van der Waals surface area contributed by atoms with Gasteiger partial charge in [0.05, 0.1) is 40.6 Å². The second kappa shape index (κ2) is 12.4. The molecular weight excluding hydrogens is 576 g/mol. The molecule has 3 aromatic carbocycles. The summed E-state index contributed by atoms with van der Waals surface area (Å²) in [5.41, 5.74) is 1.76. The molecule has 0 unspecified atom stereocenters. The van der Waals surface area contributed by atoms with Gasteiger partial charge in [-0.05, 0) is 66.9 Å². The Morgan fingerprint density at radius 2 is 1.68 bits per heavy atom. The zero-order valence-corrected chi connectivity index (χ0v) is 27.2. The topological polar surface area (TPSA) is 118 Å². The summed E-state index contributed by atoms with van der Waals surface area (Å²) in [4.78, 5) is 28.4. The van der Waals surface area contributed by atoms with Crippen molar-refractivity contribution in [3.05, 3.63) is 77.9 Å². The molecule has 234 valence electrons. The van der Waals surface area contributed by atoms with E-state index in [1.807, 2.05) is 42.5 Å². The van der Waals surface area contributed by atoms with Crippen LogP contribution in [0.3, 0.4) is 0 Å². The van der Waals surface area contributed by atoms with Gasteiger partial charge in [0.25, 0.3) is 11.8 Å². The van der Waals surface area contributed by atoms with Gasteiger partial charge in [-0.1, -0.05) is 49.5 Å². The summed E-state index contributed by atoms with van der Waals surface area (Å²) in [6.07, 6.45) is -1.01. The summed E-state index contributed by atoms with van der Waals surface area (Å²) in [5.74, 6) is 0.617. The molecule has 2 heterocycles. The van der Waals surface area contributed by atoms with Crippen molar-refractivity contribution in [1.82, 2.24) is 0 Å². The average Bonchev–Trinajstić information content (AvgIpc) is 3.44. The smallest absolute Gasteiger partial charge is 0.264 e. The predicted octanol–water partition coefficient (Wildman–Crippen LogP) is 4.17. The average molecular weight is 619 g/mol. The van der Waals surface area contributed by atoms with E-state index in [9.17, 15) is 19.8 Å². The van der Waals surface area contributed by atoms with E-state index in [4.69, 9.17) is 14.2 Å². The fourth-order valence-corrected chi connectivity index (χ4v) is 11.2. The van der Waals surface area contributed by atoms with E-state index in [-0.39, 0.29) is 30.1 Å². The molecule has 5 rings (SSSR count). The Labute approximate surface area is 259 Å². The highest BCUT2D eigenvalue weighted by atomic mass is 28.3. The summed E-state index contributed by atoms with van der Waals surface area (Å²) in [6.45, 7) is 8.40. The quantitative estimate of drug-likeness (QED) is 0.292. The van der Waals surface area contributed by atoms with E-state index in [0.29, 0.717) is 24.4 Å². The molecule has 5 atom stereocenters. The number of rotatable bonds is 10. The zero-order chi connectivity index (χ0) is 31.8. The number of benzene rings is 3. The van der Waals surface area contributed by atoms with Crippen LogP contribution in [0.25, 0.3) is 0 Å². The lowest BCUT2D eigenvalue weighted by atomic mass is 9.82. The Hall–Kier alpha value is -3.70. The zero-order valence-electron chi connectivity index (χ0n) is 26.2. The molecule has 0 aromatic heterocycles. The van der Waals surface area contributed by atoms with Gasteiger partial charge in [-0.2, -0.15) is 0 Å². The van der Waals surface area contributed by atoms with Crippen molar-refractivity contribution in [3.63, 3.8) is 0 Å². The first kappa shape index (κ1) is 31.7. The van der Waals surface area contributed by atoms with Crippen molar-refractivity contribution < 1.29 is 34.0 Å². The van der Waals surface area contributed by atoms with Crippen LogP contribution in [0.5, 0.6) is 11.5 Å². The van der Waals surface area contributed by atoms with Gasteiger partial charge in [0.2, 0.25) is 0 Å². The van der Waals surface area contributed by atoms with Crippen LogP contribution in [0, 0.1) is 5.92 Å². The summed E-state index contributed by atoms with van der Waals surface area (Å²) in [5, 5.41) is 23.6. The summed E-state index contributed by atoms with van der Waals surface area (Å²) < 4.78 is 18.0. The van der Waals surface area contributed by atoms with Gasteiger partial charge in [0.1, 0.15) is 17.6 Å². The Morgan fingerprint density at radius 1 is 1.05 bits per heavy atom. The number of carbonyl (C=O) groups is 2. The molecule has 9 nitrogen and oxygen atoms in total. The number of aliphatic hydroxyl groups is 2. The first-order valence-electron chi connectivity index (χ1n) is 15.0. The van der Waals surface area contributed by atoms with Gasteiger partial charge in [-0.25, -0.2) is 0 Å². The minimum atomic E-state index is -2.28. The van der Waals surface area contributed by atoms with Crippen molar-refractivity contribution in [2.45, 2.75) is 63.3 Å². The van der Waals surface area contributed by atoms with E-state index in [0.717, 1.165) is 22.6 Å². The summed E-state index contributed by atoms with van der Waals surface area (Å²) in [7, 11) is 0.977. The van der Waals surface area contributed by atoms with Gasteiger partial charge in [0, 0.05) is 23.8 Å². The molecule has 0 saturated carbocycles. The number of hydrogen-bond donors (Lipinski definition) is 3. The third-order valence-corrected chi connectivity index (χ3v) is 13.8. The van der Waals surface area contributed by atoms with Crippen LogP contribution in [-0.2, 0) is 26.5 Å². The fourth-order valence-electron chi connectivity index (χ4n) is 7.10. The molecule has 0 aliphatic carbocycles. The van der Waals surface area contributed by atoms with Crippen LogP contribution < -0.4 is 24.9 Å². The third-order valence-electron chi connectivity index (χ3n) is 9.40. The number of aliphatic hydroxyl groups excluding tert-OH is 2. The second-order valence-electron chi connectivity index (χ2n) is 12.3. The Balaban J connectivity index is 1.53. The molecule has 44 heavy (non-hydrogen) atoms.